The molecule has 0 spiro atoms. The fourth-order valence-corrected chi connectivity index (χ4v) is 5.37. The Morgan fingerprint density at radius 3 is 2.85 bits per heavy atom. The van der Waals surface area contributed by atoms with Crippen molar-refractivity contribution in [1.82, 2.24) is 15.2 Å². The molecule has 2 aliphatic rings. The molecule has 2 unspecified atom stereocenters. The number of oxazole rings is 1. The first-order valence-corrected chi connectivity index (χ1v) is 13.6. The van der Waals surface area contributed by atoms with E-state index in [-0.39, 0.29) is 36.3 Å². The van der Waals surface area contributed by atoms with E-state index in [0.717, 1.165) is 41.7 Å². The molecule has 1 saturated heterocycles. The van der Waals surface area contributed by atoms with Gasteiger partial charge in [0, 0.05) is 19.7 Å². The van der Waals surface area contributed by atoms with Crippen LogP contribution in [0.1, 0.15) is 68.1 Å². The molecule has 40 heavy (non-hydrogen) atoms. The van der Waals surface area contributed by atoms with Gasteiger partial charge in [0.2, 0.25) is 5.89 Å². The van der Waals surface area contributed by atoms with Gasteiger partial charge in [0.05, 0.1) is 18.4 Å². The predicted molar refractivity (Wildman–Crippen MR) is 145 cm³/mol. The van der Waals surface area contributed by atoms with Crippen LogP contribution in [0.2, 0.25) is 0 Å². The van der Waals surface area contributed by atoms with E-state index in [1.165, 1.54) is 12.5 Å². The Bertz CT molecular complexity index is 1490. The quantitative estimate of drug-likeness (QED) is 0.340. The fraction of sp³-hybridized carbons (Fsp3) is 0.323. The molecule has 2 atom stereocenters. The molecule has 2 amide bonds. The summed E-state index contributed by atoms with van der Waals surface area (Å²) in [5, 5.41) is 2.84. The average Bonchev–Trinajstić information content (AvgIpc) is 3.77. The first-order valence-electron chi connectivity index (χ1n) is 13.6. The predicted octanol–water partition coefficient (Wildman–Crippen LogP) is 4.85. The van der Waals surface area contributed by atoms with E-state index < -0.39 is 0 Å². The molecule has 4 heterocycles. The zero-order valence-electron chi connectivity index (χ0n) is 22.3. The molecule has 0 aliphatic carbocycles. The molecule has 2 aromatic carbocycles. The van der Waals surface area contributed by atoms with E-state index in [2.05, 4.69) is 16.4 Å². The lowest BCUT2D eigenvalue weighted by molar-refractivity contribution is 0.0661. The molecular formula is C31H31N3O6. The molecule has 206 valence electrons. The second-order valence-corrected chi connectivity index (χ2v) is 10.2. The number of ether oxygens (including phenoxy) is 2. The highest BCUT2D eigenvalue weighted by Gasteiger charge is 2.34. The molecule has 2 aromatic heterocycles. The number of hydrogen-bond donors (Lipinski definition) is 1. The number of amides is 2. The number of benzene rings is 2. The molecule has 9 heteroatoms. The van der Waals surface area contributed by atoms with Gasteiger partial charge >= 0.3 is 0 Å². The topological polar surface area (TPSA) is 107 Å². The normalized spacial score (nSPS) is 18.4. The summed E-state index contributed by atoms with van der Waals surface area (Å²) in [6, 6.07) is 17.2. The van der Waals surface area contributed by atoms with Crippen molar-refractivity contribution in [3.8, 4) is 5.75 Å². The van der Waals surface area contributed by atoms with Crippen LogP contribution in [0.4, 0.5) is 0 Å². The van der Waals surface area contributed by atoms with Gasteiger partial charge in [-0.2, -0.15) is 0 Å². The van der Waals surface area contributed by atoms with Crippen LogP contribution >= 0.6 is 0 Å². The third-order valence-corrected chi connectivity index (χ3v) is 7.36. The Kier molecular flexibility index (Phi) is 7.37. The third-order valence-electron chi connectivity index (χ3n) is 7.36. The summed E-state index contributed by atoms with van der Waals surface area (Å²) in [6.45, 7) is 3.85. The van der Waals surface area contributed by atoms with E-state index in [4.69, 9.17) is 18.3 Å². The van der Waals surface area contributed by atoms with Crippen LogP contribution in [0, 0.1) is 6.92 Å². The molecule has 9 nitrogen and oxygen atoms in total. The lowest BCUT2D eigenvalue weighted by Crippen LogP contribution is -2.40. The number of fused-ring (bicyclic) bond motifs is 1. The molecule has 6 rings (SSSR count). The summed E-state index contributed by atoms with van der Waals surface area (Å²) in [6.07, 6.45) is 5.57. The van der Waals surface area contributed by atoms with Gasteiger partial charge in [-0.15, -0.1) is 0 Å². The Morgan fingerprint density at radius 2 is 2.05 bits per heavy atom. The fourth-order valence-electron chi connectivity index (χ4n) is 5.37. The Morgan fingerprint density at radius 1 is 1.12 bits per heavy atom. The van der Waals surface area contributed by atoms with Crippen molar-refractivity contribution >= 4 is 11.8 Å². The number of carbonyl (C=O) groups excluding carboxylic acids is 2. The number of rotatable bonds is 8. The number of carbonyl (C=O) groups is 2. The van der Waals surface area contributed by atoms with E-state index >= 15 is 0 Å². The molecule has 1 fully saturated rings. The van der Waals surface area contributed by atoms with E-state index in [9.17, 15) is 9.59 Å². The maximum atomic E-state index is 13.5. The number of nitrogens with zero attached hydrogens (tertiary/aromatic N) is 2. The molecule has 4 aromatic rings. The molecule has 2 aliphatic heterocycles. The number of aryl methyl sites for hydroxylation is 1. The van der Waals surface area contributed by atoms with Gasteiger partial charge < -0.3 is 28.5 Å². The maximum Gasteiger partial charge on any atom is 0.290 e. The van der Waals surface area contributed by atoms with Crippen LogP contribution in [-0.2, 0) is 17.8 Å². The monoisotopic (exact) mass is 541 g/mol. The van der Waals surface area contributed by atoms with Crippen LogP contribution in [0.3, 0.4) is 0 Å². The van der Waals surface area contributed by atoms with Crippen LogP contribution in [0.25, 0.3) is 0 Å². The Labute approximate surface area is 232 Å². The summed E-state index contributed by atoms with van der Waals surface area (Å²) >= 11 is 0. The van der Waals surface area contributed by atoms with Gasteiger partial charge in [-0.3, -0.25) is 9.59 Å². The van der Waals surface area contributed by atoms with Gasteiger partial charge in [0.25, 0.3) is 11.8 Å². The molecule has 0 radical (unpaired) electrons. The third kappa shape index (κ3) is 5.51. The minimum atomic E-state index is -0.304. The highest BCUT2D eigenvalue weighted by atomic mass is 16.5. The smallest absolute Gasteiger partial charge is 0.290 e. The molecule has 0 bridgehead atoms. The van der Waals surface area contributed by atoms with Gasteiger partial charge in [-0.1, -0.05) is 35.9 Å². The van der Waals surface area contributed by atoms with Gasteiger partial charge in [-0.05, 0) is 67.1 Å². The summed E-state index contributed by atoms with van der Waals surface area (Å²) in [4.78, 5) is 32.0. The summed E-state index contributed by atoms with van der Waals surface area (Å²) < 4.78 is 22.5. The average molecular weight is 542 g/mol. The number of nitrogens with one attached hydrogen (secondary N) is 1. The van der Waals surface area contributed by atoms with E-state index in [1.807, 2.05) is 48.2 Å². The second-order valence-electron chi connectivity index (χ2n) is 10.2. The summed E-state index contributed by atoms with van der Waals surface area (Å²) in [5.74, 6) is 0.768. The lowest BCUT2D eigenvalue weighted by atomic mass is 9.87. The Hall–Kier alpha value is -4.37. The maximum absolute atomic E-state index is 13.5. The molecule has 1 N–H and O–H groups in total. The number of furan rings is 1. The van der Waals surface area contributed by atoms with Crippen molar-refractivity contribution in [2.24, 2.45) is 0 Å². The van der Waals surface area contributed by atoms with Crippen molar-refractivity contribution in [2.45, 2.75) is 44.9 Å². The Balaban J connectivity index is 1.19. The van der Waals surface area contributed by atoms with Crippen LogP contribution < -0.4 is 10.1 Å². The van der Waals surface area contributed by atoms with Gasteiger partial charge in [0.1, 0.15) is 12.0 Å². The zero-order chi connectivity index (χ0) is 27.5. The van der Waals surface area contributed by atoms with Crippen LogP contribution in [0.5, 0.6) is 5.75 Å². The SMILES string of the molecule is Cc1cccc(C2c3cc(OCc4nc(C(=O)NCC5CCCO5)co4)ccc3CCN2C(=O)c2ccco2)c1. The number of hydrogen-bond acceptors (Lipinski definition) is 7. The second kappa shape index (κ2) is 11.4. The standard InChI is InChI=1S/C31H31N3O6/c1-20-5-2-6-22(15-20)29-25-16-23(10-9-21(25)11-12-34(29)31(36)27-8-4-14-38-27)39-19-28-33-26(18-40-28)30(35)32-17-24-7-3-13-37-24/h2,4-6,8-10,14-16,18,24,29H,3,7,11-13,17,19H2,1H3,(H,32,35). The van der Waals surface area contributed by atoms with Crippen molar-refractivity contribution in [3.63, 3.8) is 0 Å². The lowest BCUT2D eigenvalue weighted by Gasteiger charge is -2.37. The first-order chi connectivity index (χ1) is 19.5. The van der Waals surface area contributed by atoms with Gasteiger partial charge in [-0.25, -0.2) is 4.98 Å². The molecular weight excluding hydrogens is 510 g/mol. The van der Waals surface area contributed by atoms with Crippen molar-refractivity contribution < 1.29 is 27.9 Å². The van der Waals surface area contributed by atoms with Crippen molar-refractivity contribution in [2.75, 3.05) is 19.7 Å². The van der Waals surface area contributed by atoms with Crippen LogP contribution in [-0.4, -0.2) is 47.5 Å². The van der Waals surface area contributed by atoms with Crippen LogP contribution in [0.15, 0.2) is 76.0 Å². The summed E-state index contributed by atoms with van der Waals surface area (Å²) in [7, 11) is 0. The highest BCUT2D eigenvalue weighted by molar-refractivity contribution is 5.92. The zero-order valence-corrected chi connectivity index (χ0v) is 22.3. The largest absolute Gasteiger partial charge is 0.484 e. The summed E-state index contributed by atoms with van der Waals surface area (Å²) in [5.41, 5.74) is 4.49. The van der Waals surface area contributed by atoms with Gasteiger partial charge in [0.15, 0.2) is 18.1 Å². The first kappa shape index (κ1) is 25.9. The van der Waals surface area contributed by atoms with E-state index in [0.29, 0.717) is 36.9 Å². The number of aromatic nitrogens is 1. The highest BCUT2D eigenvalue weighted by Crippen LogP contribution is 2.38. The van der Waals surface area contributed by atoms with Crippen molar-refractivity contribution in [1.29, 1.82) is 0 Å². The molecule has 0 saturated carbocycles. The minimum Gasteiger partial charge on any atom is -0.484 e. The minimum absolute atomic E-state index is 0.0524. The van der Waals surface area contributed by atoms with Crippen molar-refractivity contribution in [3.05, 3.63) is 107 Å². The van der Waals surface area contributed by atoms with E-state index in [1.54, 1.807) is 12.1 Å².